The molecule has 0 unspecified atom stereocenters. The highest BCUT2D eigenvalue weighted by Crippen LogP contribution is 2.31. The maximum atomic E-state index is 5.81. The average molecular weight is 226 g/mol. The van der Waals surface area contributed by atoms with Crippen LogP contribution in [0.2, 0.25) is 0 Å². The van der Waals surface area contributed by atoms with Gasteiger partial charge in [-0.2, -0.15) is 4.37 Å². The summed E-state index contributed by atoms with van der Waals surface area (Å²) in [6.45, 7) is 0. The fourth-order valence-corrected chi connectivity index (χ4v) is 2.54. The molecule has 0 atom stereocenters. The first kappa shape index (κ1) is 9.36. The summed E-state index contributed by atoms with van der Waals surface area (Å²) in [5, 5.41) is 1.14. The summed E-state index contributed by atoms with van der Waals surface area (Å²) in [4.78, 5) is 0. The van der Waals surface area contributed by atoms with Gasteiger partial charge >= 0.3 is 0 Å². The number of hydrogen-bond acceptors (Lipinski definition) is 3. The largest absolute Gasteiger partial charge is 0.399 e. The lowest BCUT2D eigenvalue weighted by Gasteiger charge is -1.98. The highest BCUT2D eigenvalue weighted by atomic mass is 32.1. The maximum Gasteiger partial charge on any atom is 0.0920 e. The smallest absolute Gasteiger partial charge is 0.0920 e. The van der Waals surface area contributed by atoms with Crippen molar-refractivity contribution in [1.82, 2.24) is 4.37 Å². The van der Waals surface area contributed by atoms with Gasteiger partial charge in [0.1, 0.15) is 0 Å². The van der Waals surface area contributed by atoms with Crippen LogP contribution in [0.3, 0.4) is 0 Å². The van der Waals surface area contributed by atoms with Gasteiger partial charge in [-0.05, 0) is 29.7 Å². The Morgan fingerprint density at radius 2 is 1.81 bits per heavy atom. The van der Waals surface area contributed by atoms with Gasteiger partial charge in [0.15, 0.2) is 0 Å². The van der Waals surface area contributed by atoms with Crippen LogP contribution in [0, 0.1) is 0 Å². The number of aromatic nitrogens is 1. The predicted octanol–water partition coefficient (Wildman–Crippen LogP) is 3.55. The average Bonchev–Trinajstić information content (AvgIpc) is 2.73. The molecule has 78 valence electrons. The molecule has 16 heavy (non-hydrogen) atoms. The van der Waals surface area contributed by atoms with E-state index in [-0.39, 0.29) is 0 Å². The predicted molar refractivity (Wildman–Crippen MR) is 69.5 cm³/mol. The Balaban J connectivity index is 2.29. The van der Waals surface area contributed by atoms with Crippen LogP contribution in [0.4, 0.5) is 5.69 Å². The molecule has 0 saturated carbocycles. The highest BCUT2D eigenvalue weighted by molar-refractivity contribution is 7.13. The topological polar surface area (TPSA) is 38.9 Å². The number of nitrogens with zero attached hydrogens (tertiary/aromatic N) is 1. The summed E-state index contributed by atoms with van der Waals surface area (Å²) in [6, 6.07) is 16.1. The molecule has 2 N–H and O–H groups in total. The lowest BCUT2D eigenvalue weighted by molar-refractivity contribution is 1.54. The Bertz CT molecular complexity index is 629. The first-order valence-corrected chi connectivity index (χ1v) is 5.82. The van der Waals surface area contributed by atoms with E-state index in [1.54, 1.807) is 0 Å². The summed E-state index contributed by atoms with van der Waals surface area (Å²) >= 11 is 1.51. The molecule has 0 spiro atoms. The van der Waals surface area contributed by atoms with Crippen LogP contribution in [0.5, 0.6) is 0 Å². The zero-order valence-electron chi connectivity index (χ0n) is 8.55. The molecule has 1 aromatic heterocycles. The van der Waals surface area contributed by atoms with Crippen molar-refractivity contribution in [3.05, 3.63) is 48.5 Å². The number of fused-ring (bicyclic) bond motifs is 1. The van der Waals surface area contributed by atoms with Crippen LogP contribution in [0.25, 0.3) is 21.3 Å². The normalized spacial score (nSPS) is 10.8. The van der Waals surface area contributed by atoms with Gasteiger partial charge < -0.3 is 5.73 Å². The molecule has 0 saturated heterocycles. The van der Waals surface area contributed by atoms with E-state index in [9.17, 15) is 0 Å². The van der Waals surface area contributed by atoms with Crippen molar-refractivity contribution in [3.63, 3.8) is 0 Å². The fourth-order valence-electron chi connectivity index (χ4n) is 1.76. The molecule has 0 radical (unpaired) electrons. The summed E-state index contributed by atoms with van der Waals surface area (Å²) in [6.07, 6.45) is 0. The van der Waals surface area contributed by atoms with E-state index in [1.807, 2.05) is 36.4 Å². The quantitative estimate of drug-likeness (QED) is 0.644. The van der Waals surface area contributed by atoms with Crippen LogP contribution in [-0.4, -0.2) is 4.37 Å². The lowest BCUT2D eigenvalue weighted by atomic mass is 10.1. The zero-order chi connectivity index (χ0) is 11.0. The third-order valence-electron chi connectivity index (χ3n) is 2.54. The molecule has 3 aromatic rings. The van der Waals surface area contributed by atoms with Crippen molar-refractivity contribution < 1.29 is 0 Å². The van der Waals surface area contributed by atoms with Crippen molar-refractivity contribution in [2.45, 2.75) is 0 Å². The molecule has 0 aliphatic carbocycles. The second kappa shape index (κ2) is 3.61. The van der Waals surface area contributed by atoms with Gasteiger partial charge in [0, 0.05) is 16.6 Å². The Labute approximate surface area is 97.5 Å². The second-order valence-corrected chi connectivity index (χ2v) is 4.46. The molecule has 3 heteroatoms. The summed E-state index contributed by atoms with van der Waals surface area (Å²) in [5.41, 5.74) is 8.75. The lowest BCUT2D eigenvalue weighted by Crippen LogP contribution is -1.83. The summed E-state index contributed by atoms with van der Waals surface area (Å²) in [7, 11) is 0. The molecule has 0 fully saturated rings. The molecule has 0 aliphatic heterocycles. The number of anilines is 1. The van der Waals surface area contributed by atoms with Gasteiger partial charge in [-0.3, -0.25) is 0 Å². The number of nitrogens with two attached hydrogens (primary N) is 1. The van der Waals surface area contributed by atoms with E-state index < -0.39 is 0 Å². The van der Waals surface area contributed by atoms with E-state index in [0.29, 0.717) is 0 Å². The van der Waals surface area contributed by atoms with Crippen LogP contribution in [0.15, 0.2) is 48.5 Å². The first-order chi connectivity index (χ1) is 7.84. The van der Waals surface area contributed by atoms with Crippen LogP contribution >= 0.6 is 11.5 Å². The molecular weight excluding hydrogens is 216 g/mol. The standard InChI is InChI=1S/C13H10N2S/c14-10-6-7-12-11(8-10)13(15-16-12)9-4-2-1-3-5-9/h1-8H,14H2. The SMILES string of the molecule is Nc1ccc2snc(-c3ccccc3)c2c1. The third-order valence-corrected chi connectivity index (χ3v) is 3.37. The minimum absolute atomic E-state index is 0.782. The molecule has 2 aromatic carbocycles. The highest BCUT2D eigenvalue weighted by Gasteiger charge is 2.07. The number of benzene rings is 2. The third kappa shape index (κ3) is 1.46. The van der Waals surface area contributed by atoms with Crippen molar-refractivity contribution in [3.8, 4) is 11.3 Å². The molecule has 2 nitrogen and oxygen atoms in total. The number of rotatable bonds is 1. The van der Waals surface area contributed by atoms with E-state index in [1.165, 1.54) is 16.2 Å². The van der Waals surface area contributed by atoms with E-state index in [2.05, 4.69) is 16.5 Å². The second-order valence-electron chi connectivity index (χ2n) is 3.65. The van der Waals surface area contributed by atoms with Gasteiger partial charge in [0.2, 0.25) is 0 Å². The number of hydrogen-bond donors (Lipinski definition) is 1. The molecular formula is C13H10N2S. The molecule has 0 amide bonds. The van der Waals surface area contributed by atoms with E-state index >= 15 is 0 Å². The molecule has 0 aliphatic rings. The zero-order valence-corrected chi connectivity index (χ0v) is 9.37. The fraction of sp³-hybridized carbons (Fsp3) is 0. The van der Waals surface area contributed by atoms with Gasteiger partial charge in [-0.25, -0.2) is 0 Å². The van der Waals surface area contributed by atoms with E-state index in [4.69, 9.17) is 5.73 Å². The summed E-state index contributed by atoms with van der Waals surface area (Å²) < 4.78 is 5.67. The van der Waals surface area contributed by atoms with Crippen molar-refractivity contribution in [2.24, 2.45) is 0 Å². The minimum Gasteiger partial charge on any atom is -0.399 e. The van der Waals surface area contributed by atoms with Crippen molar-refractivity contribution in [2.75, 3.05) is 5.73 Å². The van der Waals surface area contributed by atoms with Crippen LogP contribution in [-0.2, 0) is 0 Å². The molecule has 3 rings (SSSR count). The monoisotopic (exact) mass is 226 g/mol. The Kier molecular flexibility index (Phi) is 2.11. The number of nitrogen functional groups attached to an aromatic ring is 1. The van der Waals surface area contributed by atoms with Crippen molar-refractivity contribution in [1.29, 1.82) is 0 Å². The van der Waals surface area contributed by atoms with Crippen LogP contribution < -0.4 is 5.73 Å². The Morgan fingerprint density at radius 3 is 2.62 bits per heavy atom. The Hall–Kier alpha value is -1.87. The maximum absolute atomic E-state index is 5.81. The van der Waals surface area contributed by atoms with Gasteiger partial charge in [0.25, 0.3) is 0 Å². The summed E-state index contributed by atoms with van der Waals surface area (Å²) in [5.74, 6) is 0. The van der Waals surface area contributed by atoms with Crippen LogP contribution in [0.1, 0.15) is 0 Å². The Morgan fingerprint density at radius 1 is 1.00 bits per heavy atom. The molecule has 0 bridgehead atoms. The van der Waals surface area contributed by atoms with E-state index in [0.717, 1.165) is 22.3 Å². The molecule has 1 heterocycles. The minimum atomic E-state index is 0.782. The van der Waals surface area contributed by atoms with Gasteiger partial charge in [0.05, 0.1) is 10.4 Å². The van der Waals surface area contributed by atoms with Gasteiger partial charge in [-0.15, -0.1) is 0 Å². The van der Waals surface area contributed by atoms with Crippen molar-refractivity contribution >= 4 is 27.3 Å². The van der Waals surface area contributed by atoms with Gasteiger partial charge in [-0.1, -0.05) is 30.3 Å². The first-order valence-electron chi connectivity index (χ1n) is 5.05.